The van der Waals surface area contributed by atoms with E-state index in [9.17, 15) is 9.59 Å². The lowest BCUT2D eigenvalue weighted by molar-refractivity contribution is -0.111. The van der Waals surface area contributed by atoms with Gasteiger partial charge in [0.2, 0.25) is 5.91 Å². The summed E-state index contributed by atoms with van der Waals surface area (Å²) in [6.45, 7) is 0. The maximum atomic E-state index is 11.7. The standard InChI is InChI=1S/C13H12N4O3/c1-17-10(5-7-15-17)2-3-12(18)16-11-8-9(13(19)20)4-6-14-11/h2-8H,1H3,(H,19,20)(H,14,16,18). The molecular formula is C13H12N4O3. The molecule has 1 amide bonds. The molecule has 0 radical (unpaired) electrons. The van der Waals surface area contributed by atoms with Gasteiger partial charge in [-0.1, -0.05) is 0 Å². The van der Waals surface area contributed by atoms with Crippen LogP contribution in [0.1, 0.15) is 16.1 Å². The highest BCUT2D eigenvalue weighted by Gasteiger charge is 2.05. The molecule has 0 spiro atoms. The number of amides is 1. The zero-order valence-electron chi connectivity index (χ0n) is 10.6. The second-order valence-electron chi connectivity index (χ2n) is 3.94. The van der Waals surface area contributed by atoms with Crippen molar-refractivity contribution in [2.45, 2.75) is 0 Å². The second kappa shape index (κ2) is 5.79. The van der Waals surface area contributed by atoms with Crippen LogP contribution in [0.4, 0.5) is 5.82 Å². The summed E-state index contributed by atoms with van der Waals surface area (Å²) in [5.41, 5.74) is 0.832. The van der Waals surface area contributed by atoms with Crippen LogP contribution in [0, 0.1) is 0 Å². The number of hydrogen-bond acceptors (Lipinski definition) is 4. The van der Waals surface area contributed by atoms with Crippen LogP contribution in [-0.2, 0) is 11.8 Å². The summed E-state index contributed by atoms with van der Waals surface area (Å²) >= 11 is 0. The molecule has 0 fully saturated rings. The summed E-state index contributed by atoms with van der Waals surface area (Å²) in [6, 6.07) is 4.40. The van der Waals surface area contributed by atoms with Crippen LogP contribution in [0.3, 0.4) is 0 Å². The molecule has 0 aliphatic rings. The Balaban J connectivity index is 2.05. The average Bonchev–Trinajstić information content (AvgIpc) is 2.82. The Labute approximate surface area is 114 Å². The van der Waals surface area contributed by atoms with Crippen molar-refractivity contribution >= 4 is 23.8 Å². The van der Waals surface area contributed by atoms with E-state index in [4.69, 9.17) is 5.11 Å². The van der Waals surface area contributed by atoms with E-state index in [0.717, 1.165) is 5.69 Å². The topological polar surface area (TPSA) is 97.1 Å². The lowest BCUT2D eigenvalue weighted by atomic mass is 10.2. The number of hydrogen-bond donors (Lipinski definition) is 2. The number of aromatic nitrogens is 3. The maximum Gasteiger partial charge on any atom is 0.335 e. The van der Waals surface area contributed by atoms with Gasteiger partial charge in [-0.25, -0.2) is 9.78 Å². The van der Waals surface area contributed by atoms with Crippen molar-refractivity contribution in [1.29, 1.82) is 0 Å². The van der Waals surface area contributed by atoms with Crippen LogP contribution in [0.2, 0.25) is 0 Å². The number of rotatable bonds is 4. The van der Waals surface area contributed by atoms with Gasteiger partial charge in [0.05, 0.1) is 11.3 Å². The first-order chi connectivity index (χ1) is 9.56. The number of anilines is 1. The number of pyridine rings is 1. The summed E-state index contributed by atoms with van der Waals surface area (Å²) in [4.78, 5) is 26.4. The Morgan fingerprint density at radius 1 is 1.35 bits per heavy atom. The SMILES string of the molecule is Cn1nccc1C=CC(=O)Nc1cc(C(=O)O)ccn1. The van der Waals surface area contributed by atoms with E-state index in [0.29, 0.717) is 0 Å². The van der Waals surface area contributed by atoms with Gasteiger partial charge in [0, 0.05) is 25.5 Å². The molecule has 2 rings (SSSR count). The van der Waals surface area contributed by atoms with Crippen LogP contribution < -0.4 is 5.32 Å². The monoisotopic (exact) mass is 272 g/mol. The molecule has 20 heavy (non-hydrogen) atoms. The van der Waals surface area contributed by atoms with Crippen LogP contribution in [0.5, 0.6) is 0 Å². The van der Waals surface area contributed by atoms with E-state index in [1.165, 1.54) is 24.4 Å². The van der Waals surface area contributed by atoms with Crippen LogP contribution >= 0.6 is 0 Å². The number of carboxylic acids is 1. The van der Waals surface area contributed by atoms with E-state index in [1.807, 2.05) is 0 Å². The fourth-order valence-electron chi connectivity index (χ4n) is 1.51. The zero-order valence-corrected chi connectivity index (χ0v) is 10.6. The third-order valence-corrected chi connectivity index (χ3v) is 2.52. The normalized spacial score (nSPS) is 10.7. The Morgan fingerprint density at radius 2 is 2.15 bits per heavy atom. The molecule has 0 aliphatic heterocycles. The minimum Gasteiger partial charge on any atom is -0.478 e. The predicted molar refractivity (Wildman–Crippen MR) is 72.1 cm³/mol. The Hall–Kier alpha value is -2.96. The van der Waals surface area contributed by atoms with E-state index in [1.54, 1.807) is 30.1 Å². The molecule has 2 aromatic rings. The average molecular weight is 272 g/mol. The number of aromatic carboxylic acids is 1. The van der Waals surface area contributed by atoms with Crippen LogP contribution in [0.15, 0.2) is 36.7 Å². The number of carboxylic acid groups (broad SMARTS) is 1. The molecule has 7 nitrogen and oxygen atoms in total. The summed E-state index contributed by atoms with van der Waals surface area (Å²) < 4.78 is 1.62. The van der Waals surface area contributed by atoms with Crippen molar-refractivity contribution in [2.24, 2.45) is 7.05 Å². The minimum atomic E-state index is -1.08. The van der Waals surface area contributed by atoms with Gasteiger partial charge in [-0.2, -0.15) is 5.10 Å². The van der Waals surface area contributed by atoms with Crippen molar-refractivity contribution in [3.05, 3.63) is 47.9 Å². The van der Waals surface area contributed by atoms with Crippen molar-refractivity contribution in [2.75, 3.05) is 5.32 Å². The van der Waals surface area contributed by atoms with Gasteiger partial charge < -0.3 is 10.4 Å². The highest BCUT2D eigenvalue weighted by atomic mass is 16.4. The molecule has 0 unspecified atom stereocenters. The molecule has 0 atom stereocenters. The third kappa shape index (κ3) is 3.29. The first kappa shape index (κ1) is 13.5. The van der Waals surface area contributed by atoms with Gasteiger partial charge in [-0.15, -0.1) is 0 Å². The molecule has 102 valence electrons. The lowest BCUT2D eigenvalue weighted by Gasteiger charge is -2.02. The molecule has 7 heteroatoms. The smallest absolute Gasteiger partial charge is 0.335 e. The highest BCUT2D eigenvalue weighted by Crippen LogP contribution is 2.07. The van der Waals surface area contributed by atoms with Crippen molar-refractivity contribution in [3.63, 3.8) is 0 Å². The van der Waals surface area contributed by atoms with E-state index in [2.05, 4.69) is 15.4 Å². The molecule has 2 aromatic heterocycles. The Kier molecular flexibility index (Phi) is 3.90. The number of aryl methyl sites for hydroxylation is 1. The van der Waals surface area contributed by atoms with Gasteiger partial charge in [0.1, 0.15) is 5.82 Å². The lowest BCUT2D eigenvalue weighted by Crippen LogP contribution is -2.10. The zero-order chi connectivity index (χ0) is 14.5. The quantitative estimate of drug-likeness (QED) is 0.814. The van der Waals surface area contributed by atoms with Gasteiger partial charge in [0.25, 0.3) is 0 Å². The number of carbonyl (C=O) groups excluding carboxylic acids is 1. The van der Waals surface area contributed by atoms with E-state index < -0.39 is 11.9 Å². The minimum absolute atomic E-state index is 0.0610. The molecule has 0 aliphatic carbocycles. The highest BCUT2D eigenvalue weighted by molar-refractivity contribution is 6.01. The van der Waals surface area contributed by atoms with Crippen molar-refractivity contribution in [3.8, 4) is 0 Å². The summed E-state index contributed by atoms with van der Waals surface area (Å²) in [5, 5.41) is 15.3. The van der Waals surface area contributed by atoms with Gasteiger partial charge in [0.15, 0.2) is 0 Å². The molecule has 2 N–H and O–H groups in total. The predicted octanol–water partition coefficient (Wildman–Crippen LogP) is 1.17. The summed E-state index contributed by atoms with van der Waals surface area (Å²) in [7, 11) is 1.76. The fraction of sp³-hybridized carbons (Fsp3) is 0.0769. The Morgan fingerprint density at radius 3 is 2.80 bits per heavy atom. The van der Waals surface area contributed by atoms with Crippen molar-refractivity contribution < 1.29 is 14.7 Å². The largest absolute Gasteiger partial charge is 0.478 e. The molecule has 0 saturated heterocycles. The number of carbonyl (C=O) groups is 2. The van der Waals surface area contributed by atoms with E-state index in [-0.39, 0.29) is 11.4 Å². The molecular weight excluding hydrogens is 260 g/mol. The second-order valence-corrected chi connectivity index (χ2v) is 3.94. The Bertz CT molecular complexity index is 676. The maximum absolute atomic E-state index is 11.7. The number of nitrogens with zero attached hydrogens (tertiary/aromatic N) is 3. The number of nitrogens with one attached hydrogen (secondary N) is 1. The molecule has 2 heterocycles. The van der Waals surface area contributed by atoms with E-state index >= 15 is 0 Å². The first-order valence-electron chi connectivity index (χ1n) is 5.72. The van der Waals surface area contributed by atoms with Crippen LogP contribution in [-0.4, -0.2) is 31.7 Å². The molecule has 0 bridgehead atoms. The summed E-state index contributed by atoms with van der Waals surface area (Å²) in [6.07, 6.45) is 5.87. The molecule has 0 aromatic carbocycles. The first-order valence-corrected chi connectivity index (χ1v) is 5.72. The summed E-state index contributed by atoms with van der Waals surface area (Å²) in [5.74, 6) is -1.29. The van der Waals surface area contributed by atoms with Crippen LogP contribution in [0.25, 0.3) is 6.08 Å². The third-order valence-electron chi connectivity index (χ3n) is 2.52. The van der Waals surface area contributed by atoms with Gasteiger partial charge >= 0.3 is 5.97 Å². The van der Waals surface area contributed by atoms with Crippen molar-refractivity contribution in [1.82, 2.24) is 14.8 Å². The fourth-order valence-corrected chi connectivity index (χ4v) is 1.51. The van der Waals surface area contributed by atoms with Gasteiger partial charge in [-0.05, 0) is 24.3 Å². The molecule has 0 saturated carbocycles. The van der Waals surface area contributed by atoms with Gasteiger partial charge in [-0.3, -0.25) is 9.48 Å².